The summed E-state index contributed by atoms with van der Waals surface area (Å²) >= 11 is 0. The van der Waals surface area contributed by atoms with E-state index >= 15 is 0 Å². The average Bonchev–Trinajstić information content (AvgIpc) is 2.92. The molecule has 2 aliphatic rings. The number of hydrogen-bond donors (Lipinski definition) is 1. The molecule has 0 aromatic heterocycles. The van der Waals surface area contributed by atoms with Crippen LogP contribution in [0.1, 0.15) is 13.8 Å². The zero-order valence-corrected chi connectivity index (χ0v) is 18.7. The zero-order chi connectivity index (χ0) is 22.8. The fourth-order valence-corrected chi connectivity index (χ4v) is 5.93. The second kappa shape index (κ2) is 6.08. The van der Waals surface area contributed by atoms with Crippen LogP contribution in [0.3, 0.4) is 0 Å². The van der Waals surface area contributed by atoms with Gasteiger partial charge >= 0.3 is 0 Å². The predicted molar refractivity (Wildman–Crippen MR) is 138 cm³/mol. The van der Waals surface area contributed by atoms with E-state index in [1.165, 1.54) is 0 Å². The molecule has 2 atom stereocenters. The first-order valence-corrected chi connectivity index (χ1v) is 11.3. The van der Waals surface area contributed by atoms with Crippen molar-refractivity contribution in [2.24, 2.45) is 5.84 Å². The maximum absolute atomic E-state index is 13.1. The largest absolute Gasteiger partial charge is 0.758 e. The van der Waals surface area contributed by atoms with Crippen LogP contribution < -0.4 is 25.9 Å². The van der Waals surface area contributed by atoms with E-state index in [9.17, 15) is 10.4 Å². The molecule has 2 heterocycles. The Kier molecular flexibility index (Phi) is 3.50. The van der Waals surface area contributed by atoms with Crippen molar-refractivity contribution in [3.63, 3.8) is 0 Å². The first-order valence-electron chi connectivity index (χ1n) is 11.3. The monoisotopic (exact) mass is 437 g/mol. The quantitative estimate of drug-likeness (QED) is 0.202. The second-order valence-corrected chi connectivity index (χ2v) is 9.41. The van der Waals surface area contributed by atoms with Crippen LogP contribution in [0, 0.1) is 10.4 Å². The molecule has 2 aliphatic heterocycles. The predicted octanol–water partition coefficient (Wildman–Crippen LogP) is 5.22. The van der Waals surface area contributed by atoms with E-state index in [4.69, 9.17) is 5.84 Å². The van der Waals surface area contributed by atoms with Gasteiger partial charge in [0.05, 0.1) is 5.69 Å². The van der Waals surface area contributed by atoms with Crippen molar-refractivity contribution < 1.29 is 0 Å². The maximum atomic E-state index is 13.1. The molecule has 2 N–H and O–H groups in total. The second-order valence-electron chi connectivity index (χ2n) is 9.41. The smallest absolute Gasteiger partial charge is 0.103 e. The Labute approximate surface area is 190 Å². The lowest BCUT2D eigenvalue weighted by atomic mass is 9.87. The van der Waals surface area contributed by atoms with Gasteiger partial charge in [0.15, 0.2) is 0 Å². The van der Waals surface area contributed by atoms with Crippen molar-refractivity contribution in [2.75, 3.05) is 33.6 Å². The molecule has 33 heavy (non-hydrogen) atoms. The van der Waals surface area contributed by atoms with E-state index in [1.54, 1.807) is 5.01 Å². The van der Waals surface area contributed by atoms with Crippen molar-refractivity contribution in [3.05, 3.63) is 58.9 Å². The Morgan fingerprint density at radius 3 is 1.79 bits per heavy atom. The molecule has 1 unspecified atom stereocenters. The van der Waals surface area contributed by atoms with E-state index < -0.39 is 6.17 Å². The molecule has 0 radical (unpaired) electrons. The number of hydrazine groups is 1. The summed E-state index contributed by atoms with van der Waals surface area (Å²) in [5.41, 5.74) is 3.28. The third-order valence-corrected chi connectivity index (χ3v) is 7.81. The van der Waals surface area contributed by atoms with Gasteiger partial charge in [-0.2, -0.15) is 0 Å². The van der Waals surface area contributed by atoms with Gasteiger partial charge in [-0.3, -0.25) is 5.01 Å². The molecule has 0 fully saturated rings. The number of anilines is 4. The van der Waals surface area contributed by atoms with Crippen molar-refractivity contribution >= 4 is 65.8 Å². The van der Waals surface area contributed by atoms with Crippen molar-refractivity contribution in [3.8, 4) is 0 Å². The molecule has 0 amide bonds. The van der Waals surface area contributed by atoms with Crippen LogP contribution in [0.5, 0.6) is 0 Å². The van der Waals surface area contributed by atoms with E-state index in [0.29, 0.717) is 17.9 Å². The van der Waals surface area contributed by atoms with Crippen molar-refractivity contribution in [1.82, 2.24) is 0 Å². The minimum absolute atomic E-state index is 0.0922. The lowest BCUT2D eigenvalue weighted by molar-refractivity contribution is 0.652. The molecule has 166 valence electrons. The van der Waals surface area contributed by atoms with Crippen LogP contribution in [0.15, 0.2) is 48.5 Å². The number of rotatable bonds is 0. The summed E-state index contributed by atoms with van der Waals surface area (Å²) in [5, 5.41) is 38.0. The standard InChI is InChI=1S/C26H23N5O2/c1-13-12-29(32)20-9-5-16-17-6-10-21-26-22(31(33)14(2)30(21)27)11-7-18(24(17)26)15-4-8-19(28(13)3)25(20)23(15)16/h4-11,13-14H,12,27H2,1-3H3/q-2/t13?,14-/m0/s1. The minimum atomic E-state index is -0.483. The molecular formula is C26H23N5O2-2. The van der Waals surface area contributed by atoms with Gasteiger partial charge < -0.3 is 25.4 Å². The Hall–Kier alpha value is -3.52. The van der Waals surface area contributed by atoms with Gasteiger partial charge in [0.25, 0.3) is 0 Å². The van der Waals surface area contributed by atoms with Gasteiger partial charge in [0.1, 0.15) is 6.17 Å². The summed E-state index contributed by atoms with van der Waals surface area (Å²) in [5.74, 6) is 6.34. The van der Waals surface area contributed by atoms with Crippen molar-refractivity contribution in [1.29, 1.82) is 0 Å². The Morgan fingerprint density at radius 2 is 1.18 bits per heavy atom. The third kappa shape index (κ3) is 2.15. The number of hydroxylamine groups is 2. The normalized spacial score (nSPS) is 20.7. The molecule has 0 spiro atoms. The topological polar surface area (TPSA) is 85.1 Å². The van der Waals surface area contributed by atoms with E-state index in [-0.39, 0.29) is 6.04 Å². The highest BCUT2D eigenvalue weighted by Gasteiger charge is 2.28. The molecule has 7 heteroatoms. The van der Waals surface area contributed by atoms with Gasteiger partial charge in [-0.25, -0.2) is 5.84 Å². The highest BCUT2D eigenvalue weighted by Crippen LogP contribution is 2.51. The van der Waals surface area contributed by atoms with Crippen LogP contribution in [-0.2, 0) is 0 Å². The maximum Gasteiger partial charge on any atom is 0.103 e. The third-order valence-electron chi connectivity index (χ3n) is 7.81. The highest BCUT2D eigenvalue weighted by atomic mass is 16.5. The van der Waals surface area contributed by atoms with Gasteiger partial charge in [-0.15, -0.1) is 0 Å². The SMILES string of the molecule is CC1CN([O-])c2ccc3c4ccc5c6c(ccc(c7ccc(c2c37)N1C)c64)N([O-])[C@@H](C)N5N. The Balaban J connectivity index is 1.72. The first kappa shape index (κ1) is 19.0. The molecule has 0 saturated carbocycles. The first-order chi connectivity index (χ1) is 15.9. The number of likely N-dealkylation sites (N-methyl/N-ethyl adjacent to an activating group) is 1. The Morgan fingerprint density at radius 1 is 0.697 bits per heavy atom. The number of hydrogen-bond acceptors (Lipinski definition) is 7. The summed E-state index contributed by atoms with van der Waals surface area (Å²) < 4.78 is 0. The van der Waals surface area contributed by atoms with Crippen LogP contribution in [0.4, 0.5) is 22.7 Å². The van der Waals surface area contributed by atoms with E-state index in [0.717, 1.165) is 64.6 Å². The fourth-order valence-electron chi connectivity index (χ4n) is 5.93. The fraction of sp³-hybridized carbons (Fsp3) is 0.231. The Bertz CT molecular complexity index is 1550. The number of nitrogens with zero attached hydrogens (tertiary/aromatic N) is 4. The van der Waals surface area contributed by atoms with Crippen LogP contribution in [0.25, 0.3) is 43.1 Å². The molecule has 7 rings (SSSR count). The number of benzene rings is 5. The van der Waals surface area contributed by atoms with Gasteiger partial charge in [-0.05, 0) is 59.7 Å². The zero-order valence-electron chi connectivity index (χ0n) is 18.7. The van der Waals surface area contributed by atoms with Crippen molar-refractivity contribution in [2.45, 2.75) is 26.1 Å². The van der Waals surface area contributed by atoms with Gasteiger partial charge in [0, 0.05) is 58.2 Å². The molecule has 5 aromatic carbocycles. The molecule has 7 nitrogen and oxygen atoms in total. The van der Waals surface area contributed by atoms with Crippen LogP contribution >= 0.6 is 0 Å². The average molecular weight is 438 g/mol. The molecule has 0 aliphatic carbocycles. The lowest BCUT2D eigenvalue weighted by Gasteiger charge is -2.47. The summed E-state index contributed by atoms with van der Waals surface area (Å²) in [6.45, 7) is 4.30. The summed E-state index contributed by atoms with van der Waals surface area (Å²) in [6, 6.07) is 16.4. The summed E-state index contributed by atoms with van der Waals surface area (Å²) in [6.07, 6.45) is -0.483. The minimum Gasteiger partial charge on any atom is -0.758 e. The molecular weight excluding hydrogens is 414 g/mol. The summed E-state index contributed by atoms with van der Waals surface area (Å²) in [7, 11) is 2.06. The summed E-state index contributed by atoms with van der Waals surface area (Å²) in [4.78, 5) is 2.20. The highest BCUT2D eigenvalue weighted by molar-refractivity contribution is 6.37. The van der Waals surface area contributed by atoms with Gasteiger partial charge in [-0.1, -0.05) is 24.3 Å². The van der Waals surface area contributed by atoms with Crippen LogP contribution in [0.2, 0.25) is 0 Å². The lowest BCUT2D eigenvalue weighted by Crippen LogP contribution is -2.50. The van der Waals surface area contributed by atoms with E-state index in [1.807, 2.05) is 31.2 Å². The number of nitrogens with two attached hydrogens (primary N) is 1. The van der Waals surface area contributed by atoms with E-state index in [2.05, 4.69) is 43.1 Å². The molecule has 0 saturated heterocycles. The van der Waals surface area contributed by atoms with Gasteiger partial charge in [0.2, 0.25) is 0 Å². The number of fused-ring (bicyclic) bond motifs is 2. The molecule has 0 bridgehead atoms. The van der Waals surface area contributed by atoms with Crippen LogP contribution in [-0.4, -0.2) is 25.8 Å². The molecule has 5 aromatic rings.